The molecule has 0 fully saturated rings. The van der Waals surface area contributed by atoms with Crippen LogP contribution in [0, 0.1) is 0 Å². The second kappa shape index (κ2) is 7.92. The normalized spacial score (nSPS) is 9.00. The van der Waals surface area contributed by atoms with E-state index in [-0.39, 0.29) is 11.4 Å². The van der Waals surface area contributed by atoms with Crippen LogP contribution in [0.3, 0.4) is 0 Å². The Labute approximate surface area is 99.8 Å². The highest BCUT2D eigenvalue weighted by Gasteiger charge is 2.12. The Morgan fingerprint density at radius 2 is 2.19 bits per heavy atom. The van der Waals surface area contributed by atoms with Crippen LogP contribution in [0.15, 0.2) is 11.4 Å². The van der Waals surface area contributed by atoms with Crippen LogP contribution in [0.5, 0.6) is 0 Å². The average Bonchev–Trinajstić information content (AvgIpc) is 2.31. The van der Waals surface area contributed by atoms with Crippen molar-refractivity contribution in [2.45, 2.75) is 25.9 Å². The van der Waals surface area contributed by atoms with Gasteiger partial charge < -0.3 is 10.5 Å². The molecule has 16 heavy (non-hydrogen) atoms. The molecule has 0 unspecified atom stereocenters. The summed E-state index contributed by atoms with van der Waals surface area (Å²) in [5.74, 6) is -0.333. The van der Waals surface area contributed by atoms with Crippen LogP contribution in [0.25, 0.3) is 0 Å². The van der Waals surface area contributed by atoms with Crippen molar-refractivity contribution >= 4 is 23.5 Å². The van der Waals surface area contributed by atoms with E-state index in [1.165, 1.54) is 18.0 Å². The van der Waals surface area contributed by atoms with Gasteiger partial charge in [-0.2, -0.15) is 0 Å². The van der Waals surface area contributed by atoms with Gasteiger partial charge in [0.15, 0.2) is 5.16 Å². The molecule has 5 nitrogen and oxygen atoms in total. The quantitative estimate of drug-likeness (QED) is 0.497. The van der Waals surface area contributed by atoms with Crippen LogP contribution >= 0.6 is 11.8 Å². The number of aromatic nitrogens is 2. The molecular formula is C10H17N3O2S. The molecule has 90 valence electrons. The number of carbonyl (C=O) groups is 1. The van der Waals surface area contributed by atoms with Gasteiger partial charge in [-0.1, -0.05) is 25.6 Å². The predicted octanol–water partition coefficient (Wildman–Crippen LogP) is 1.98. The molecule has 1 heterocycles. The van der Waals surface area contributed by atoms with E-state index in [0.717, 1.165) is 0 Å². The second-order valence-electron chi connectivity index (χ2n) is 2.38. The van der Waals surface area contributed by atoms with Crippen LogP contribution in [-0.4, -0.2) is 28.8 Å². The topological polar surface area (TPSA) is 78.1 Å². The molecule has 0 bridgehead atoms. The zero-order valence-corrected chi connectivity index (χ0v) is 10.8. The van der Waals surface area contributed by atoms with Gasteiger partial charge in [0.05, 0.1) is 6.61 Å². The SMILES string of the molecule is CC.CCOC(=O)c1cnc(SC)nc1N. The first-order valence-corrected chi connectivity index (χ1v) is 6.25. The third kappa shape index (κ3) is 4.06. The Hall–Kier alpha value is -1.30. The first kappa shape index (κ1) is 14.7. The summed E-state index contributed by atoms with van der Waals surface area (Å²) < 4.78 is 4.78. The van der Waals surface area contributed by atoms with E-state index in [2.05, 4.69) is 9.97 Å². The fourth-order valence-electron chi connectivity index (χ4n) is 0.843. The fraction of sp³-hybridized carbons (Fsp3) is 0.500. The number of carbonyl (C=O) groups excluding carboxylic acids is 1. The molecule has 0 radical (unpaired) electrons. The van der Waals surface area contributed by atoms with Gasteiger partial charge in [0.2, 0.25) is 0 Å². The van der Waals surface area contributed by atoms with Crippen LogP contribution in [0.2, 0.25) is 0 Å². The van der Waals surface area contributed by atoms with Gasteiger partial charge >= 0.3 is 5.97 Å². The average molecular weight is 243 g/mol. The van der Waals surface area contributed by atoms with Gasteiger partial charge in [-0.3, -0.25) is 0 Å². The smallest absolute Gasteiger partial charge is 0.343 e. The number of hydrogen-bond donors (Lipinski definition) is 1. The molecule has 0 saturated heterocycles. The lowest BCUT2D eigenvalue weighted by molar-refractivity contribution is 0.0526. The second-order valence-corrected chi connectivity index (χ2v) is 3.15. The van der Waals surface area contributed by atoms with Crippen LogP contribution in [-0.2, 0) is 4.74 Å². The van der Waals surface area contributed by atoms with E-state index >= 15 is 0 Å². The minimum absolute atomic E-state index is 0.155. The number of esters is 1. The molecule has 0 saturated carbocycles. The van der Waals surface area contributed by atoms with Crippen molar-refractivity contribution in [1.82, 2.24) is 9.97 Å². The third-order valence-corrected chi connectivity index (χ3v) is 2.04. The number of hydrogen-bond acceptors (Lipinski definition) is 6. The van der Waals surface area contributed by atoms with Gasteiger partial charge in [-0.25, -0.2) is 14.8 Å². The molecule has 1 aromatic rings. The highest BCUT2D eigenvalue weighted by molar-refractivity contribution is 7.98. The molecule has 0 amide bonds. The van der Waals surface area contributed by atoms with Crippen molar-refractivity contribution in [3.05, 3.63) is 11.8 Å². The Balaban J connectivity index is 0.00000106. The maximum atomic E-state index is 11.3. The summed E-state index contributed by atoms with van der Waals surface area (Å²) in [7, 11) is 0. The first-order chi connectivity index (χ1) is 7.69. The maximum Gasteiger partial charge on any atom is 0.343 e. The Morgan fingerprint density at radius 1 is 1.56 bits per heavy atom. The van der Waals surface area contributed by atoms with Crippen molar-refractivity contribution in [3.8, 4) is 0 Å². The number of ether oxygens (including phenoxy) is 1. The third-order valence-electron chi connectivity index (χ3n) is 1.47. The van der Waals surface area contributed by atoms with E-state index < -0.39 is 5.97 Å². The van der Waals surface area contributed by atoms with E-state index in [9.17, 15) is 4.79 Å². The molecule has 0 atom stereocenters. The van der Waals surface area contributed by atoms with Gasteiger partial charge in [-0.15, -0.1) is 0 Å². The molecule has 2 N–H and O–H groups in total. The minimum Gasteiger partial charge on any atom is -0.462 e. The minimum atomic E-state index is -0.488. The lowest BCUT2D eigenvalue weighted by Gasteiger charge is -2.04. The molecule has 0 aliphatic heterocycles. The summed E-state index contributed by atoms with van der Waals surface area (Å²) in [6.07, 6.45) is 3.21. The van der Waals surface area contributed by atoms with E-state index in [4.69, 9.17) is 10.5 Å². The number of thioether (sulfide) groups is 1. The van der Waals surface area contributed by atoms with Crippen molar-refractivity contribution in [1.29, 1.82) is 0 Å². The van der Waals surface area contributed by atoms with Crippen molar-refractivity contribution < 1.29 is 9.53 Å². The van der Waals surface area contributed by atoms with Crippen LogP contribution < -0.4 is 5.73 Å². The summed E-state index contributed by atoms with van der Waals surface area (Å²) in [6, 6.07) is 0. The molecule has 1 rings (SSSR count). The van der Waals surface area contributed by atoms with Gasteiger partial charge in [-0.05, 0) is 13.2 Å². The Bertz CT molecular complexity index is 345. The van der Waals surface area contributed by atoms with Crippen molar-refractivity contribution in [2.75, 3.05) is 18.6 Å². The fourth-order valence-corrected chi connectivity index (χ4v) is 1.19. The summed E-state index contributed by atoms with van der Waals surface area (Å²) in [4.78, 5) is 19.1. The molecule has 6 heteroatoms. The molecule has 0 spiro atoms. The summed E-state index contributed by atoms with van der Waals surface area (Å²) in [5, 5.41) is 0.538. The van der Waals surface area contributed by atoms with Crippen LogP contribution in [0.4, 0.5) is 5.82 Å². The van der Waals surface area contributed by atoms with Gasteiger partial charge in [0, 0.05) is 6.20 Å². The molecule has 0 aliphatic rings. The van der Waals surface area contributed by atoms with Crippen molar-refractivity contribution in [2.24, 2.45) is 0 Å². The molecular weight excluding hydrogens is 226 g/mol. The monoisotopic (exact) mass is 243 g/mol. The first-order valence-electron chi connectivity index (χ1n) is 5.02. The van der Waals surface area contributed by atoms with E-state index in [1.54, 1.807) is 6.92 Å². The van der Waals surface area contributed by atoms with Gasteiger partial charge in [0.25, 0.3) is 0 Å². The Kier molecular flexibility index (Phi) is 7.28. The van der Waals surface area contributed by atoms with E-state index in [0.29, 0.717) is 11.8 Å². The molecule has 0 aromatic carbocycles. The lowest BCUT2D eigenvalue weighted by atomic mass is 10.3. The summed E-state index contributed by atoms with van der Waals surface area (Å²) in [5.41, 5.74) is 5.78. The van der Waals surface area contributed by atoms with Gasteiger partial charge in [0.1, 0.15) is 11.4 Å². The van der Waals surface area contributed by atoms with Crippen molar-refractivity contribution in [3.63, 3.8) is 0 Å². The number of anilines is 1. The van der Waals surface area contributed by atoms with E-state index in [1.807, 2.05) is 20.1 Å². The largest absolute Gasteiger partial charge is 0.462 e. The number of nitrogen functional groups attached to an aromatic ring is 1. The summed E-state index contributed by atoms with van der Waals surface area (Å²) in [6.45, 7) is 6.04. The highest BCUT2D eigenvalue weighted by Crippen LogP contribution is 2.14. The zero-order valence-electron chi connectivity index (χ0n) is 9.98. The lowest BCUT2D eigenvalue weighted by Crippen LogP contribution is -2.10. The molecule has 1 aromatic heterocycles. The standard InChI is InChI=1S/C8H11N3O2S.C2H6/c1-3-13-7(12)5-4-10-8(14-2)11-6(5)9;1-2/h4H,3H2,1-2H3,(H2,9,10,11);1-2H3. The van der Waals surface area contributed by atoms with Crippen LogP contribution in [0.1, 0.15) is 31.1 Å². The number of nitrogens with two attached hydrogens (primary N) is 1. The zero-order chi connectivity index (χ0) is 12.6. The predicted molar refractivity (Wildman–Crippen MR) is 65.5 cm³/mol. The highest BCUT2D eigenvalue weighted by atomic mass is 32.2. The summed E-state index contributed by atoms with van der Waals surface area (Å²) >= 11 is 1.36. The Morgan fingerprint density at radius 3 is 2.62 bits per heavy atom. The molecule has 0 aliphatic carbocycles. The maximum absolute atomic E-state index is 11.3. The number of rotatable bonds is 3. The number of nitrogens with zero attached hydrogens (tertiary/aromatic N) is 2.